The van der Waals surface area contributed by atoms with Crippen molar-refractivity contribution >= 4 is 17.7 Å². The lowest BCUT2D eigenvalue weighted by molar-refractivity contribution is -0.123. The van der Waals surface area contributed by atoms with Crippen LogP contribution in [0.5, 0.6) is 0 Å². The summed E-state index contributed by atoms with van der Waals surface area (Å²) in [7, 11) is 1.26. The zero-order chi connectivity index (χ0) is 13.0. The normalized spacial score (nSPS) is 18.9. The number of amides is 1. The standard InChI is InChI=1S/C11H14N4O3/c1-18-11(17)9-12-6-4-8(15-9)14-7-3-2-5-13-10(7)16/h4,6-7H,2-3,5H2,1H3,(H,13,16)(H,12,14,15). The van der Waals surface area contributed by atoms with Crippen molar-refractivity contribution in [3.63, 3.8) is 0 Å². The molecule has 1 atom stereocenters. The van der Waals surface area contributed by atoms with E-state index >= 15 is 0 Å². The van der Waals surface area contributed by atoms with Gasteiger partial charge in [0, 0.05) is 12.7 Å². The molecule has 7 heteroatoms. The highest BCUT2D eigenvalue weighted by molar-refractivity contribution is 5.86. The Kier molecular flexibility index (Phi) is 3.71. The molecule has 1 aromatic rings. The molecule has 1 aliphatic rings. The molecule has 1 aromatic heterocycles. The van der Waals surface area contributed by atoms with Crippen LogP contribution in [-0.4, -0.2) is 41.5 Å². The topological polar surface area (TPSA) is 93.2 Å². The van der Waals surface area contributed by atoms with Gasteiger partial charge in [-0.2, -0.15) is 0 Å². The third-order valence-electron chi connectivity index (χ3n) is 2.63. The number of rotatable bonds is 3. The number of nitrogens with one attached hydrogen (secondary N) is 2. The van der Waals surface area contributed by atoms with E-state index in [9.17, 15) is 9.59 Å². The minimum absolute atomic E-state index is 0.0290. The molecule has 0 spiro atoms. The number of nitrogens with zero attached hydrogens (tertiary/aromatic N) is 2. The molecule has 1 aliphatic heterocycles. The fraction of sp³-hybridized carbons (Fsp3) is 0.455. The van der Waals surface area contributed by atoms with Crippen LogP contribution in [0.3, 0.4) is 0 Å². The molecule has 2 rings (SSSR count). The predicted molar refractivity (Wildman–Crippen MR) is 63.0 cm³/mol. The molecule has 18 heavy (non-hydrogen) atoms. The molecular weight excluding hydrogens is 236 g/mol. The maximum Gasteiger partial charge on any atom is 0.376 e. The third-order valence-corrected chi connectivity index (χ3v) is 2.63. The van der Waals surface area contributed by atoms with Crippen LogP contribution >= 0.6 is 0 Å². The molecule has 1 fully saturated rings. The van der Waals surface area contributed by atoms with Gasteiger partial charge in [-0.25, -0.2) is 14.8 Å². The lowest BCUT2D eigenvalue weighted by atomic mass is 10.1. The molecule has 7 nitrogen and oxygen atoms in total. The molecule has 1 saturated heterocycles. The van der Waals surface area contributed by atoms with Crippen molar-refractivity contribution < 1.29 is 14.3 Å². The van der Waals surface area contributed by atoms with Gasteiger partial charge in [-0.05, 0) is 18.9 Å². The molecule has 0 aliphatic carbocycles. The van der Waals surface area contributed by atoms with Crippen LogP contribution in [0.1, 0.15) is 23.5 Å². The number of ether oxygens (including phenoxy) is 1. The Morgan fingerprint density at radius 1 is 1.61 bits per heavy atom. The van der Waals surface area contributed by atoms with Gasteiger partial charge in [0.1, 0.15) is 11.9 Å². The van der Waals surface area contributed by atoms with E-state index in [1.807, 2.05) is 0 Å². The summed E-state index contributed by atoms with van der Waals surface area (Å²) >= 11 is 0. The molecule has 0 radical (unpaired) electrons. The Hall–Kier alpha value is -2.18. The van der Waals surface area contributed by atoms with Gasteiger partial charge in [0.2, 0.25) is 11.7 Å². The minimum atomic E-state index is -0.605. The van der Waals surface area contributed by atoms with Gasteiger partial charge in [-0.3, -0.25) is 4.79 Å². The number of piperidine rings is 1. The summed E-state index contributed by atoms with van der Waals surface area (Å²) in [5, 5.41) is 5.74. The van der Waals surface area contributed by atoms with Crippen molar-refractivity contribution in [2.24, 2.45) is 0 Å². The first kappa shape index (κ1) is 12.3. The van der Waals surface area contributed by atoms with Crippen molar-refractivity contribution in [1.29, 1.82) is 0 Å². The van der Waals surface area contributed by atoms with E-state index in [1.165, 1.54) is 13.3 Å². The first-order chi connectivity index (χ1) is 8.70. The molecule has 0 aromatic carbocycles. The number of carbonyl (C=O) groups is 2. The number of hydrogen-bond donors (Lipinski definition) is 2. The SMILES string of the molecule is COC(=O)c1nccc(NC2CCCNC2=O)n1. The summed E-state index contributed by atoms with van der Waals surface area (Å²) < 4.78 is 4.53. The summed E-state index contributed by atoms with van der Waals surface area (Å²) in [6.45, 7) is 0.703. The quantitative estimate of drug-likeness (QED) is 0.731. The lowest BCUT2D eigenvalue weighted by Gasteiger charge is -2.23. The smallest absolute Gasteiger partial charge is 0.376 e. The zero-order valence-corrected chi connectivity index (χ0v) is 9.97. The summed E-state index contributed by atoms with van der Waals surface area (Å²) in [5.41, 5.74) is 0. The second kappa shape index (κ2) is 5.44. The molecular formula is C11H14N4O3. The average Bonchev–Trinajstić information content (AvgIpc) is 2.41. The van der Waals surface area contributed by atoms with Gasteiger partial charge >= 0.3 is 5.97 Å². The van der Waals surface area contributed by atoms with Crippen LogP contribution in [0, 0.1) is 0 Å². The van der Waals surface area contributed by atoms with Crippen molar-refractivity contribution in [3.8, 4) is 0 Å². The number of methoxy groups -OCH3 is 1. The number of hydrogen-bond acceptors (Lipinski definition) is 6. The third kappa shape index (κ3) is 2.73. The number of esters is 1. The first-order valence-corrected chi connectivity index (χ1v) is 5.66. The van der Waals surface area contributed by atoms with E-state index in [-0.39, 0.29) is 17.8 Å². The van der Waals surface area contributed by atoms with Crippen LogP contribution in [0.4, 0.5) is 5.82 Å². The number of anilines is 1. The van der Waals surface area contributed by atoms with E-state index in [1.54, 1.807) is 6.07 Å². The summed E-state index contributed by atoms with van der Waals surface area (Å²) in [6, 6.07) is 1.29. The van der Waals surface area contributed by atoms with Crippen molar-refractivity contribution in [2.45, 2.75) is 18.9 Å². The van der Waals surface area contributed by atoms with Gasteiger partial charge in [-0.15, -0.1) is 0 Å². The van der Waals surface area contributed by atoms with Crippen molar-refractivity contribution in [1.82, 2.24) is 15.3 Å². The van der Waals surface area contributed by atoms with E-state index in [4.69, 9.17) is 0 Å². The Morgan fingerprint density at radius 3 is 3.17 bits per heavy atom. The molecule has 0 bridgehead atoms. The molecule has 0 saturated carbocycles. The van der Waals surface area contributed by atoms with Gasteiger partial charge in [-0.1, -0.05) is 0 Å². The summed E-state index contributed by atoms with van der Waals surface area (Å²) in [4.78, 5) is 30.6. The van der Waals surface area contributed by atoms with Crippen molar-refractivity contribution in [3.05, 3.63) is 18.1 Å². The molecule has 1 unspecified atom stereocenters. The highest BCUT2D eigenvalue weighted by Gasteiger charge is 2.22. The minimum Gasteiger partial charge on any atom is -0.463 e. The van der Waals surface area contributed by atoms with Crippen LogP contribution in [0.15, 0.2) is 12.3 Å². The van der Waals surface area contributed by atoms with E-state index in [2.05, 4.69) is 25.3 Å². The Bertz CT molecular complexity index is 463. The van der Waals surface area contributed by atoms with Gasteiger partial charge in [0.25, 0.3) is 0 Å². The highest BCUT2D eigenvalue weighted by Crippen LogP contribution is 2.10. The van der Waals surface area contributed by atoms with E-state index in [0.29, 0.717) is 12.4 Å². The lowest BCUT2D eigenvalue weighted by Crippen LogP contribution is -2.44. The van der Waals surface area contributed by atoms with E-state index in [0.717, 1.165) is 12.8 Å². The molecule has 2 heterocycles. The summed E-state index contributed by atoms with van der Waals surface area (Å²) in [6.07, 6.45) is 3.10. The predicted octanol–water partition coefficient (Wildman–Crippen LogP) is -0.0463. The fourth-order valence-electron chi connectivity index (χ4n) is 1.72. The number of carbonyl (C=O) groups excluding carboxylic acids is 2. The summed E-state index contributed by atoms with van der Waals surface area (Å²) in [5.74, 6) is -0.252. The van der Waals surface area contributed by atoms with Crippen LogP contribution < -0.4 is 10.6 Å². The maximum absolute atomic E-state index is 11.6. The molecule has 2 N–H and O–H groups in total. The van der Waals surface area contributed by atoms with Gasteiger partial charge < -0.3 is 15.4 Å². The fourth-order valence-corrected chi connectivity index (χ4v) is 1.72. The van der Waals surface area contributed by atoms with Gasteiger partial charge in [0.15, 0.2) is 0 Å². The van der Waals surface area contributed by atoms with Crippen LogP contribution in [-0.2, 0) is 9.53 Å². The second-order valence-electron chi connectivity index (χ2n) is 3.89. The van der Waals surface area contributed by atoms with Crippen LogP contribution in [0.2, 0.25) is 0 Å². The Labute approximate surface area is 104 Å². The average molecular weight is 250 g/mol. The maximum atomic E-state index is 11.6. The number of aromatic nitrogens is 2. The highest BCUT2D eigenvalue weighted by atomic mass is 16.5. The Balaban J connectivity index is 2.09. The Morgan fingerprint density at radius 2 is 2.44 bits per heavy atom. The van der Waals surface area contributed by atoms with Crippen molar-refractivity contribution in [2.75, 3.05) is 19.0 Å². The molecule has 1 amide bonds. The van der Waals surface area contributed by atoms with E-state index < -0.39 is 5.97 Å². The largest absolute Gasteiger partial charge is 0.463 e. The monoisotopic (exact) mass is 250 g/mol. The first-order valence-electron chi connectivity index (χ1n) is 5.66. The van der Waals surface area contributed by atoms with Gasteiger partial charge in [0.05, 0.1) is 7.11 Å². The molecule has 96 valence electrons. The van der Waals surface area contributed by atoms with Crippen LogP contribution in [0.25, 0.3) is 0 Å². The second-order valence-corrected chi connectivity index (χ2v) is 3.89. The zero-order valence-electron chi connectivity index (χ0n) is 9.97.